The largest absolute Gasteiger partial charge is 0.508 e. The topological polar surface area (TPSA) is 239 Å². The zero-order chi connectivity index (χ0) is 24.9. The van der Waals surface area contributed by atoms with Crippen molar-refractivity contribution >= 4 is 39.3 Å². The first-order valence-corrected chi connectivity index (χ1v) is 10.5. The average molecular weight is 486 g/mol. The Kier molecular flexibility index (Phi) is 6.89. The molecule has 5 N–H and O–H groups in total. The molecule has 1 saturated heterocycles. The number of hydrogen-bond donors (Lipinski definition) is 5. The molecule has 0 aromatic heterocycles. The maximum atomic E-state index is 12.0. The van der Waals surface area contributed by atoms with Gasteiger partial charge in [-0.3, -0.25) is 24.8 Å². The summed E-state index contributed by atoms with van der Waals surface area (Å²) >= 11 is 0. The molecule has 2 amide bonds. The maximum Gasteiger partial charge on any atom is 0.298 e. The van der Waals surface area contributed by atoms with Crippen molar-refractivity contribution in [3.05, 3.63) is 42.0 Å². The number of nitrogens with zero attached hydrogens (tertiary/aromatic N) is 6. The monoisotopic (exact) mass is 486 g/mol. The second-order valence-electron chi connectivity index (χ2n) is 6.51. The van der Waals surface area contributed by atoms with Gasteiger partial charge >= 0.3 is 0 Å². The van der Waals surface area contributed by atoms with Crippen LogP contribution in [-0.4, -0.2) is 47.0 Å². The first-order chi connectivity index (χ1) is 16.1. The van der Waals surface area contributed by atoms with E-state index in [-0.39, 0.29) is 35.2 Å². The number of benzene rings is 2. The Labute approximate surface area is 190 Å². The molecule has 2 aromatic carbocycles. The number of nitriles is 1. The van der Waals surface area contributed by atoms with E-state index in [4.69, 9.17) is 5.26 Å². The van der Waals surface area contributed by atoms with E-state index in [1.54, 1.807) is 0 Å². The second-order valence-corrected chi connectivity index (χ2v) is 7.90. The van der Waals surface area contributed by atoms with Crippen LogP contribution < -0.4 is 10.6 Å². The normalized spacial score (nSPS) is 16.4. The number of hydrogen-bond acceptors (Lipinski definition) is 12. The molecule has 0 saturated carbocycles. The molecular formula is C18H14N8O7S. The van der Waals surface area contributed by atoms with Crippen LogP contribution in [0.1, 0.15) is 5.56 Å². The number of amides is 2. The molecule has 1 aliphatic rings. The Hall–Kier alpha value is -4.75. The third-order valence-electron chi connectivity index (χ3n) is 4.11. The highest BCUT2D eigenvalue weighted by Gasteiger charge is 2.33. The van der Waals surface area contributed by atoms with E-state index in [1.165, 1.54) is 36.5 Å². The van der Waals surface area contributed by atoms with Crippen LogP contribution in [0.2, 0.25) is 0 Å². The van der Waals surface area contributed by atoms with Gasteiger partial charge in [0.1, 0.15) is 16.3 Å². The number of phenolic OH excluding ortho intramolecular Hbond substituents is 2. The van der Waals surface area contributed by atoms with E-state index in [0.29, 0.717) is 0 Å². The summed E-state index contributed by atoms with van der Waals surface area (Å²) < 4.78 is 32.7. The molecule has 0 aliphatic carbocycles. The van der Waals surface area contributed by atoms with E-state index < -0.39 is 38.6 Å². The highest BCUT2D eigenvalue weighted by molar-refractivity contribution is 7.86. The molecule has 34 heavy (non-hydrogen) atoms. The van der Waals surface area contributed by atoms with Gasteiger partial charge < -0.3 is 10.2 Å². The van der Waals surface area contributed by atoms with Crippen molar-refractivity contribution in [1.29, 1.82) is 5.26 Å². The van der Waals surface area contributed by atoms with Crippen LogP contribution in [0.3, 0.4) is 0 Å². The fourth-order valence-electron chi connectivity index (χ4n) is 2.58. The molecular weight excluding hydrogens is 472 g/mol. The predicted octanol–water partition coefficient (Wildman–Crippen LogP) is 1.16. The molecule has 2 aromatic rings. The van der Waals surface area contributed by atoms with Gasteiger partial charge in [0.25, 0.3) is 21.9 Å². The zero-order valence-corrected chi connectivity index (χ0v) is 17.6. The Morgan fingerprint density at radius 1 is 1.03 bits per heavy atom. The van der Waals surface area contributed by atoms with Crippen LogP contribution in [-0.2, 0) is 26.3 Å². The van der Waals surface area contributed by atoms with E-state index in [0.717, 1.165) is 6.07 Å². The summed E-state index contributed by atoms with van der Waals surface area (Å²) in [7, 11) is -4.87. The van der Waals surface area contributed by atoms with Crippen molar-refractivity contribution in [2.75, 3.05) is 0 Å². The van der Waals surface area contributed by atoms with E-state index >= 15 is 0 Å². The Balaban J connectivity index is 1.87. The van der Waals surface area contributed by atoms with Crippen LogP contribution in [0.5, 0.6) is 11.5 Å². The molecule has 0 bridgehead atoms. The first-order valence-electron chi connectivity index (χ1n) is 9.07. The number of nitrogens with one attached hydrogen (secondary N) is 2. The van der Waals surface area contributed by atoms with Crippen LogP contribution >= 0.6 is 0 Å². The highest BCUT2D eigenvalue weighted by Crippen LogP contribution is 2.36. The number of carbonyl (C=O) groups is 2. The summed E-state index contributed by atoms with van der Waals surface area (Å²) in [6, 6.07) is 6.00. The van der Waals surface area contributed by atoms with Crippen molar-refractivity contribution in [3.63, 3.8) is 0 Å². The van der Waals surface area contributed by atoms with E-state index in [2.05, 4.69) is 36.1 Å². The highest BCUT2D eigenvalue weighted by atomic mass is 32.2. The number of rotatable bonds is 6. The van der Waals surface area contributed by atoms with Crippen molar-refractivity contribution in [3.8, 4) is 17.7 Å². The van der Waals surface area contributed by atoms with Gasteiger partial charge in [-0.1, -0.05) is 0 Å². The summed E-state index contributed by atoms with van der Waals surface area (Å²) in [6.07, 6.45) is 1.40. The van der Waals surface area contributed by atoms with Gasteiger partial charge in [-0.2, -0.15) is 29.0 Å². The van der Waals surface area contributed by atoms with Crippen LogP contribution in [0.15, 0.2) is 66.7 Å². The van der Waals surface area contributed by atoms with Crippen LogP contribution in [0, 0.1) is 11.5 Å². The molecule has 0 spiro atoms. The summed E-state index contributed by atoms with van der Waals surface area (Å²) in [5, 5.41) is 47.1. The lowest BCUT2D eigenvalue weighted by atomic mass is 10.2. The van der Waals surface area contributed by atoms with Crippen LogP contribution in [0.25, 0.3) is 0 Å². The molecule has 3 rings (SSSR count). The smallest absolute Gasteiger partial charge is 0.298 e. The quantitative estimate of drug-likeness (QED) is 0.171. The Morgan fingerprint density at radius 2 is 1.68 bits per heavy atom. The molecule has 0 radical (unpaired) electrons. The van der Waals surface area contributed by atoms with Crippen molar-refractivity contribution in [1.82, 2.24) is 10.6 Å². The number of phenols is 2. The van der Waals surface area contributed by atoms with Crippen molar-refractivity contribution in [2.45, 2.75) is 17.5 Å². The minimum absolute atomic E-state index is 0.0169. The lowest BCUT2D eigenvalue weighted by Gasteiger charge is -2.18. The average Bonchev–Trinajstić information content (AvgIpc) is 2.76. The fourth-order valence-corrected chi connectivity index (χ4v) is 3.23. The summed E-state index contributed by atoms with van der Waals surface area (Å²) in [5.41, 5.74) is 0.0143. The van der Waals surface area contributed by atoms with Gasteiger partial charge in [0, 0.05) is 0 Å². The zero-order valence-electron chi connectivity index (χ0n) is 16.8. The van der Waals surface area contributed by atoms with Crippen molar-refractivity contribution in [2.24, 2.45) is 25.4 Å². The van der Waals surface area contributed by atoms with Gasteiger partial charge in [-0.25, -0.2) is 0 Å². The van der Waals surface area contributed by atoms with Gasteiger partial charge in [-0.15, -0.1) is 10.1 Å². The predicted molar refractivity (Wildman–Crippen MR) is 112 cm³/mol. The van der Waals surface area contributed by atoms with Gasteiger partial charge in [-0.05, 0) is 42.0 Å². The third kappa shape index (κ3) is 5.73. The summed E-state index contributed by atoms with van der Waals surface area (Å²) in [4.78, 5) is 26.2. The Bertz CT molecular complexity index is 1360. The fraction of sp³-hybridized carbons (Fsp3) is 0.111. The first kappa shape index (κ1) is 23.9. The van der Waals surface area contributed by atoms with E-state index in [1.807, 2.05) is 0 Å². The van der Waals surface area contributed by atoms with Crippen LogP contribution in [0.4, 0.5) is 11.4 Å². The number of aliphatic imine (C=N–C) groups is 1. The van der Waals surface area contributed by atoms with Crippen molar-refractivity contribution < 1.29 is 32.8 Å². The lowest BCUT2D eigenvalue weighted by Crippen LogP contribution is -2.58. The molecule has 0 unspecified atom stereocenters. The summed E-state index contributed by atoms with van der Waals surface area (Å²) in [6.45, 7) is -0.374. The SMILES string of the molecule is N#CN=C1NC(=O)C(N=NCc2cc(N=Nc3ccc(O)cc3)c(O)c(S(=O)(=O)O)c2)C(=O)N1. The maximum absolute atomic E-state index is 12.0. The standard InChI is InChI=1S/C18H14N8O7S/c19-8-20-18-22-16(29)14(17(30)23-18)26-21-7-9-5-12(15(28)13(6-9)34(31,32)33)25-24-10-1-3-11(27)4-2-10/h1-6,14,27-28H,7H2,(H,31,32,33)(H2,20,22,23,29,30). The molecule has 1 fully saturated rings. The minimum Gasteiger partial charge on any atom is -0.508 e. The molecule has 1 heterocycles. The molecule has 15 nitrogen and oxygen atoms in total. The van der Waals surface area contributed by atoms with Gasteiger partial charge in [0.2, 0.25) is 18.2 Å². The molecule has 0 atom stereocenters. The number of guanidine groups is 1. The molecule has 174 valence electrons. The van der Waals surface area contributed by atoms with Gasteiger partial charge in [0.05, 0.1) is 12.2 Å². The van der Waals surface area contributed by atoms with Gasteiger partial charge in [0.15, 0.2) is 5.75 Å². The van der Waals surface area contributed by atoms with E-state index in [9.17, 15) is 32.8 Å². The minimum atomic E-state index is -4.87. The number of aromatic hydroxyl groups is 2. The lowest BCUT2D eigenvalue weighted by molar-refractivity contribution is -0.131. The summed E-state index contributed by atoms with van der Waals surface area (Å²) in [5.74, 6) is -3.04. The third-order valence-corrected chi connectivity index (χ3v) is 4.97. The Morgan fingerprint density at radius 3 is 2.26 bits per heavy atom. The molecule has 1 aliphatic heterocycles. The second kappa shape index (κ2) is 9.81. The molecule has 16 heteroatoms. The number of carbonyl (C=O) groups excluding carboxylic acids is 2. The number of azo groups is 2.